The Labute approximate surface area is 110 Å². The Balaban J connectivity index is 2.05. The largest absolute Gasteiger partial charge is 0.481 e. The molecule has 0 bridgehead atoms. The molecule has 0 amide bonds. The number of carboxylic acid groups (broad SMARTS) is 1. The smallest absolute Gasteiger partial charge is 0.303 e. The number of unbranched alkanes of at least 4 members (excludes halogenated alkanes) is 2. The van der Waals surface area contributed by atoms with Crippen molar-refractivity contribution in [2.45, 2.75) is 58.0 Å². The molecule has 18 heavy (non-hydrogen) atoms. The summed E-state index contributed by atoms with van der Waals surface area (Å²) in [5, 5.41) is 8.55. The molecule has 1 heterocycles. The molecule has 4 nitrogen and oxygen atoms in total. The normalized spacial score (nSPS) is 21.1. The second-order valence-corrected chi connectivity index (χ2v) is 5.14. The van der Waals surface area contributed by atoms with E-state index in [1.54, 1.807) is 0 Å². The lowest BCUT2D eigenvalue weighted by molar-refractivity contribution is -0.137. The molecule has 0 aliphatic carbocycles. The number of piperidine rings is 1. The van der Waals surface area contributed by atoms with E-state index in [2.05, 4.69) is 11.8 Å². The Morgan fingerprint density at radius 1 is 1.39 bits per heavy atom. The molecular formula is C14H27NO3. The van der Waals surface area contributed by atoms with E-state index in [9.17, 15) is 4.79 Å². The molecule has 1 unspecified atom stereocenters. The number of likely N-dealkylation sites (tertiary alicyclic amines) is 1. The second-order valence-electron chi connectivity index (χ2n) is 5.14. The van der Waals surface area contributed by atoms with Gasteiger partial charge in [0.1, 0.15) is 0 Å². The number of hydrogen-bond acceptors (Lipinski definition) is 3. The average Bonchev–Trinajstić information content (AvgIpc) is 2.36. The van der Waals surface area contributed by atoms with Crippen molar-refractivity contribution in [2.75, 3.05) is 26.2 Å². The SMILES string of the molecule is CCCOC1CCCN(CCCCCC(=O)O)C1. The molecule has 1 N–H and O–H groups in total. The summed E-state index contributed by atoms with van der Waals surface area (Å²) in [5.41, 5.74) is 0. The van der Waals surface area contributed by atoms with Crippen LogP contribution in [0.25, 0.3) is 0 Å². The van der Waals surface area contributed by atoms with Crippen LogP contribution in [-0.4, -0.2) is 48.3 Å². The van der Waals surface area contributed by atoms with Crippen LogP contribution < -0.4 is 0 Å². The van der Waals surface area contributed by atoms with Gasteiger partial charge in [-0.3, -0.25) is 4.79 Å². The summed E-state index contributed by atoms with van der Waals surface area (Å²) in [7, 11) is 0. The number of nitrogens with zero attached hydrogens (tertiary/aromatic N) is 1. The van der Waals surface area contributed by atoms with E-state index in [1.807, 2.05) is 0 Å². The molecule has 0 spiro atoms. The molecule has 1 fully saturated rings. The molecule has 1 atom stereocenters. The lowest BCUT2D eigenvalue weighted by atomic mass is 10.1. The van der Waals surface area contributed by atoms with Crippen LogP contribution in [0.2, 0.25) is 0 Å². The van der Waals surface area contributed by atoms with Gasteiger partial charge in [-0.2, -0.15) is 0 Å². The maximum atomic E-state index is 10.4. The van der Waals surface area contributed by atoms with Crippen LogP contribution in [-0.2, 0) is 9.53 Å². The minimum Gasteiger partial charge on any atom is -0.481 e. The summed E-state index contributed by atoms with van der Waals surface area (Å²) < 4.78 is 5.80. The van der Waals surface area contributed by atoms with Gasteiger partial charge in [-0.15, -0.1) is 0 Å². The maximum absolute atomic E-state index is 10.4. The van der Waals surface area contributed by atoms with E-state index in [4.69, 9.17) is 9.84 Å². The van der Waals surface area contributed by atoms with Crippen molar-refractivity contribution < 1.29 is 14.6 Å². The van der Waals surface area contributed by atoms with E-state index in [-0.39, 0.29) is 0 Å². The van der Waals surface area contributed by atoms with Gasteiger partial charge in [-0.1, -0.05) is 13.3 Å². The molecule has 0 saturated carbocycles. The highest BCUT2D eigenvalue weighted by Gasteiger charge is 2.19. The minimum atomic E-state index is -0.680. The molecular weight excluding hydrogens is 230 g/mol. The summed E-state index contributed by atoms with van der Waals surface area (Å²) in [6, 6.07) is 0. The Kier molecular flexibility index (Phi) is 8.01. The first-order valence-corrected chi connectivity index (χ1v) is 7.28. The van der Waals surface area contributed by atoms with Crippen molar-refractivity contribution in [3.63, 3.8) is 0 Å². The zero-order valence-electron chi connectivity index (χ0n) is 11.6. The highest BCUT2D eigenvalue weighted by atomic mass is 16.5. The third-order valence-corrected chi connectivity index (χ3v) is 3.38. The van der Waals surface area contributed by atoms with E-state index < -0.39 is 5.97 Å². The maximum Gasteiger partial charge on any atom is 0.303 e. The van der Waals surface area contributed by atoms with Gasteiger partial charge >= 0.3 is 5.97 Å². The van der Waals surface area contributed by atoms with Gasteiger partial charge in [-0.25, -0.2) is 0 Å². The van der Waals surface area contributed by atoms with E-state index in [1.165, 1.54) is 19.4 Å². The van der Waals surface area contributed by atoms with Gasteiger partial charge in [0.25, 0.3) is 0 Å². The molecule has 1 saturated heterocycles. The molecule has 1 aliphatic rings. The second kappa shape index (κ2) is 9.34. The van der Waals surface area contributed by atoms with E-state index in [0.717, 1.165) is 45.4 Å². The first-order valence-electron chi connectivity index (χ1n) is 7.28. The van der Waals surface area contributed by atoms with Gasteiger partial charge in [0, 0.05) is 19.6 Å². The molecule has 0 radical (unpaired) electrons. The van der Waals surface area contributed by atoms with Crippen molar-refractivity contribution in [3.8, 4) is 0 Å². The minimum absolute atomic E-state index is 0.308. The fourth-order valence-electron chi connectivity index (χ4n) is 2.43. The Morgan fingerprint density at radius 2 is 2.22 bits per heavy atom. The lowest BCUT2D eigenvalue weighted by Crippen LogP contribution is -2.40. The van der Waals surface area contributed by atoms with Gasteiger partial charge in [-0.05, 0) is 45.2 Å². The predicted molar refractivity (Wildman–Crippen MR) is 71.8 cm³/mol. The zero-order valence-corrected chi connectivity index (χ0v) is 11.6. The Bertz CT molecular complexity index is 233. The third kappa shape index (κ3) is 6.97. The number of hydrogen-bond donors (Lipinski definition) is 1. The molecule has 0 aromatic carbocycles. The highest BCUT2D eigenvalue weighted by Crippen LogP contribution is 2.14. The first kappa shape index (κ1) is 15.4. The van der Waals surface area contributed by atoms with Crippen molar-refractivity contribution in [2.24, 2.45) is 0 Å². The Morgan fingerprint density at radius 3 is 2.94 bits per heavy atom. The molecule has 0 aromatic rings. The first-order chi connectivity index (χ1) is 8.72. The summed E-state index contributed by atoms with van der Waals surface area (Å²) in [6.07, 6.45) is 7.15. The van der Waals surface area contributed by atoms with Crippen LogP contribution in [0, 0.1) is 0 Å². The molecule has 1 aliphatic heterocycles. The lowest BCUT2D eigenvalue weighted by Gasteiger charge is -2.32. The standard InChI is InChI=1S/C14H27NO3/c1-2-11-18-13-7-6-10-15(12-13)9-5-3-4-8-14(16)17/h13H,2-12H2,1H3,(H,16,17). The van der Waals surface area contributed by atoms with Gasteiger partial charge in [0.2, 0.25) is 0 Å². The predicted octanol–water partition coefficient (Wildman–Crippen LogP) is 2.52. The number of carboxylic acids is 1. The molecule has 106 valence electrons. The monoisotopic (exact) mass is 257 g/mol. The van der Waals surface area contributed by atoms with Crippen molar-refractivity contribution in [3.05, 3.63) is 0 Å². The summed E-state index contributed by atoms with van der Waals surface area (Å²) in [4.78, 5) is 12.8. The van der Waals surface area contributed by atoms with Crippen LogP contribution >= 0.6 is 0 Å². The van der Waals surface area contributed by atoms with Gasteiger partial charge in [0.05, 0.1) is 6.10 Å². The average molecular weight is 257 g/mol. The van der Waals surface area contributed by atoms with Crippen molar-refractivity contribution in [1.29, 1.82) is 0 Å². The fraction of sp³-hybridized carbons (Fsp3) is 0.929. The highest BCUT2D eigenvalue weighted by molar-refractivity contribution is 5.66. The fourth-order valence-corrected chi connectivity index (χ4v) is 2.43. The molecule has 0 aromatic heterocycles. The van der Waals surface area contributed by atoms with Crippen LogP contribution in [0.3, 0.4) is 0 Å². The van der Waals surface area contributed by atoms with Crippen LogP contribution in [0.15, 0.2) is 0 Å². The van der Waals surface area contributed by atoms with Crippen molar-refractivity contribution >= 4 is 5.97 Å². The summed E-state index contributed by atoms with van der Waals surface area (Å²) >= 11 is 0. The topological polar surface area (TPSA) is 49.8 Å². The number of ether oxygens (including phenoxy) is 1. The van der Waals surface area contributed by atoms with E-state index >= 15 is 0 Å². The number of carbonyl (C=O) groups is 1. The molecule has 4 heteroatoms. The number of aliphatic carboxylic acids is 1. The van der Waals surface area contributed by atoms with E-state index in [0.29, 0.717) is 12.5 Å². The third-order valence-electron chi connectivity index (χ3n) is 3.38. The van der Waals surface area contributed by atoms with Gasteiger partial charge < -0.3 is 14.7 Å². The van der Waals surface area contributed by atoms with Crippen LogP contribution in [0.1, 0.15) is 51.9 Å². The van der Waals surface area contributed by atoms with Gasteiger partial charge in [0.15, 0.2) is 0 Å². The summed E-state index contributed by atoms with van der Waals surface area (Å²) in [6.45, 7) is 6.33. The number of rotatable bonds is 9. The quantitative estimate of drug-likeness (QED) is 0.645. The summed E-state index contributed by atoms with van der Waals surface area (Å²) in [5.74, 6) is -0.680. The Hall–Kier alpha value is -0.610. The molecule has 1 rings (SSSR count). The zero-order chi connectivity index (χ0) is 13.2. The van der Waals surface area contributed by atoms with Crippen LogP contribution in [0.4, 0.5) is 0 Å². The van der Waals surface area contributed by atoms with Crippen molar-refractivity contribution in [1.82, 2.24) is 4.90 Å². The van der Waals surface area contributed by atoms with Crippen LogP contribution in [0.5, 0.6) is 0 Å².